The van der Waals surface area contributed by atoms with Crippen LogP contribution in [-0.2, 0) is 14.6 Å². The van der Waals surface area contributed by atoms with E-state index in [1.807, 2.05) is 6.07 Å². The third-order valence-electron chi connectivity index (χ3n) is 2.97. The van der Waals surface area contributed by atoms with Crippen LogP contribution in [0.4, 0.5) is 0 Å². The number of methoxy groups -OCH3 is 1. The highest BCUT2D eigenvalue weighted by Crippen LogP contribution is 2.24. The third-order valence-corrected chi connectivity index (χ3v) is 4.72. The molecule has 0 heterocycles. The fourth-order valence-corrected chi connectivity index (χ4v) is 3.15. The van der Waals surface area contributed by atoms with Crippen molar-refractivity contribution in [2.45, 2.75) is 17.7 Å². The highest BCUT2D eigenvalue weighted by atomic mass is 32.2. The molecule has 0 fully saturated rings. The van der Waals surface area contributed by atoms with E-state index >= 15 is 0 Å². The molecule has 6 nitrogen and oxygen atoms in total. The van der Waals surface area contributed by atoms with Gasteiger partial charge in [0, 0.05) is 20.0 Å². The normalized spacial score (nSPS) is 10.7. The molecule has 1 aromatic rings. The van der Waals surface area contributed by atoms with Crippen molar-refractivity contribution < 1.29 is 17.9 Å². The van der Waals surface area contributed by atoms with Crippen molar-refractivity contribution in [1.29, 1.82) is 5.26 Å². The van der Waals surface area contributed by atoms with Crippen LogP contribution in [0.3, 0.4) is 0 Å². The van der Waals surface area contributed by atoms with Crippen LogP contribution >= 0.6 is 0 Å². The average molecular weight is 310 g/mol. The maximum Gasteiger partial charge on any atom is 0.223 e. The number of sulfone groups is 1. The molecule has 0 aliphatic carbocycles. The van der Waals surface area contributed by atoms with Crippen LogP contribution in [0, 0.1) is 11.3 Å². The Balaban J connectivity index is 2.74. The zero-order valence-electron chi connectivity index (χ0n) is 12.1. The van der Waals surface area contributed by atoms with Gasteiger partial charge in [-0.25, -0.2) is 8.42 Å². The van der Waals surface area contributed by atoms with Gasteiger partial charge < -0.3 is 9.64 Å². The molecule has 0 saturated heterocycles. The first-order valence-corrected chi connectivity index (χ1v) is 8.04. The number of nitrogens with zero attached hydrogens (tertiary/aromatic N) is 2. The Morgan fingerprint density at radius 2 is 2.05 bits per heavy atom. The van der Waals surface area contributed by atoms with Crippen molar-refractivity contribution in [3.05, 3.63) is 24.3 Å². The second kappa shape index (κ2) is 7.64. The molecule has 1 amide bonds. The minimum absolute atomic E-state index is 0.0833. The first-order chi connectivity index (χ1) is 9.92. The highest BCUT2D eigenvalue weighted by Gasteiger charge is 2.21. The summed E-state index contributed by atoms with van der Waals surface area (Å²) in [6, 6.07) is 8.24. The first kappa shape index (κ1) is 17.0. The van der Waals surface area contributed by atoms with Crippen LogP contribution in [-0.4, -0.2) is 45.7 Å². The number of hydrogen-bond acceptors (Lipinski definition) is 5. The number of rotatable bonds is 7. The van der Waals surface area contributed by atoms with E-state index in [2.05, 4.69) is 0 Å². The summed E-state index contributed by atoms with van der Waals surface area (Å²) in [7, 11) is -0.641. The number of benzene rings is 1. The van der Waals surface area contributed by atoms with Gasteiger partial charge in [-0.15, -0.1) is 0 Å². The SMILES string of the molecule is COc1ccccc1S(=O)(=O)CCC(=O)N(C)CCC#N. The summed E-state index contributed by atoms with van der Waals surface area (Å²) in [5.41, 5.74) is 0. The molecule has 21 heavy (non-hydrogen) atoms. The second-order valence-electron chi connectivity index (χ2n) is 4.44. The molecule has 0 aliphatic rings. The Hall–Kier alpha value is -2.07. The molecule has 0 aliphatic heterocycles. The van der Waals surface area contributed by atoms with Gasteiger partial charge in [0.1, 0.15) is 10.6 Å². The van der Waals surface area contributed by atoms with E-state index in [0.29, 0.717) is 6.54 Å². The largest absolute Gasteiger partial charge is 0.495 e. The van der Waals surface area contributed by atoms with Crippen molar-refractivity contribution in [2.24, 2.45) is 0 Å². The fraction of sp³-hybridized carbons (Fsp3) is 0.429. The molecule has 114 valence electrons. The van der Waals surface area contributed by atoms with Gasteiger partial charge in [-0.2, -0.15) is 5.26 Å². The topological polar surface area (TPSA) is 87.5 Å². The molecule has 0 spiro atoms. The Bertz CT molecular complexity index is 635. The van der Waals surface area contributed by atoms with Gasteiger partial charge in [0.2, 0.25) is 5.91 Å². The van der Waals surface area contributed by atoms with Crippen LogP contribution in [0.5, 0.6) is 5.75 Å². The van der Waals surface area contributed by atoms with E-state index < -0.39 is 9.84 Å². The third kappa shape index (κ3) is 4.76. The zero-order chi connectivity index (χ0) is 15.9. The Kier molecular flexibility index (Phi) is 6.18. The van der Waals surface area contributed by atoms with E-state index in [9.17, 15) is 13.2 Å². The fourth-order valence-electron chi connectivity index (χ4n) is 1.74. The molecule has 0 aromatic heterocycles. The van der Waals surface area contributed by atoms with Crippen molar-refractivity contribution in [2.75, 3.05) is 26.5 Å². The van der Waals surface area contributed by atoms with Gasteiger partial charge in [0.15, 0.2) is 9.84 Å². The zero-order valence-corrected chi connectivity index (χ0v) is 12.9. The Labute approximate surface area is 124 Å². The molecule has 0 radical (unpaired) electrons. The van der Waals surface area contributed by atoms with E-state index in [0.717, 1.165) is 0 Å². The summed E-state index contributed by atoms with van der Waals surface area (Å²) >= 11 is 0. The quantitative estimate of drug-likeness (QED) is 0.756. The van der Waals surface area contributed by atoms with Gasteiger partial charge in [0.05, 0.1) is 25.4 Å². The lowest BCUT2D eigenvalue weighted by atomic mass is 10.3. The van der Waals surface area contributed by atoms with E-state index in [1.54, 1.807) is 25.2 Å². The number of amides is 1. The summed E-state index contributed by atoms with van der Waals surface area (Å²) < 4.78 is 29.5. The summed E-state index contributed by atoms with van der Waals surface area (Å²) in [5.74, 6) is -0.324. The van der Waals surface area contributed by atoms with E-state index in [1.165, 1.54) is 18.1 Å². The monoisotopic (exact) mass is 310 g/mol. The van der Waals surface area contributed by atoms with Crippen molar-refractivity contribution in [3.8, 4) is 11.8 Å². The smallest absolute Gasteiger partial charge is 0.223 e. The second-order valence-corrected chi connectivity index (χ2v) is 6.52. The van der Waals surface area contributed by atoms with Crippen molar-refractivity contribution in [3.63, 3.8) is 0 Å². The minimum Gasteiger partial charge on any atom is -0.495 e. The average Bonchev–Trinajstić information content (AvgIpc) is 2.50. The molecule has 7 heteroatoms. The van der Waals surface area contributed by atoms with Crippen LogP contribution in [0.1, 0.15) is 12.8 Å². The standard InChI is InChI=1S/C14H18N2O4S/c1-16(10-5-9-15)14(17)8-11-21(18,19)13-7-4-3-6-12(13)20-2/h3-4,6-7H,5,8,10-11H2,1-2H3. The molecular formula is C14H18N2O4S. The summed E-state index contributed by atoms with van der Waals surface area (Å²) in [6.07, 6.45) is 0.101. The number of hydrogen-bond donors (Lipinski definition) is 0. The molecular weight excluding hydrogens is 292 g/mol. The number of para-hydroxylation sites is 1. The molecule has 1 aromatic carbocycles. The van der Waals surface area contributed by atoms with Gasteiger partial charge >= 0.3 is 0 Å². The molecule has 0 bridgehead atoms. The predicted molar refractivity (Wildman–Crippen MR) is 77.5 cm³/mol. The number of carbonyl (C=O) groups excluding carboxylic acids is 1. The van der Waals surface area contributed by atoms with E-state index in [4.69, 9.17) is 10.00 Å². The number of ether oxygens (including phenoxy) is 1. The van der Waals surface area contributed by atoms with E-state index in [-0.39, 0.29) is 35.1 Å². The summed E-state index contributed by atoms with van der Waals surface area (Å²) in [6.45, 7) is 0.296. The lowest BCUT2D eigenvalue weighted by molar-refractivity contribution is -0.129. The van der Waals surface area contributed by atoms with Crippen molar-refractivity contribution >= 4 is 15.7 Å². The van der Waals surface area contributed by atoms with Gasteiger partial charge in [0.25, 0.3) is 0 Å². The van der Waals surface area contributed by atoms with Crippen LogP contribution < -0.4 is 4.74 Å². The minimum atomic E-state index is -3.59. The van der Waals surface area contributed by atoms with Gasteiger partial charge in [-0.05, 0) is 12.1 Å². The van der Waals surface area contributed by atoms with Crippen molar-refractivity contribution in [1.82, 2.24) is 4.90 Å². The lowest BCUT2D eigenvalue weighted by Gasteiger charge is -2.15. The van der Waals surface area contributed by atoms with Gasteiger partial charge in [-0.3, -0.25) is 4.79 Å². The molecule has 0 unspecified atom stereocenters. The van der Waals surface area contributed by atoms with Crippen LogP contribution in [0.2, 0.25) is 0 Å². The summed E-state index contributed by atoms with van der Waals surface area (Å²) in [5, 5.41) is 8.46. The van der Waals surface area contributed by atoms with Crippen LogP contribution in [0.15, 0.2) is 29.2 Å². The highest BCUT2D eigenvalue weighted by molar-refractivity contribution is 7.91. The molecule has 0 saturated carbocycles. The maximum absolute atomic E-state index is 12.2. The predicted octanol–water partition coefficient (Wildman–Crippen LogP) is 1.23. The lowest BCUT2D eigenvalue weighted by Crippen LogP contribution is -2.29. The van der Waals surface area contributed by atoms with Crippen LogP contribution in [0.25, 0.3) is 0 Å². The molecule has 1 rings (SSSR count). The first-order valence-electron chi connectivity index (χ1n) is 6.39. The summed E-state index contributed by atoms with van der Waals surface area (Å²) in [4.78, 5) is 13.2. The van der Waals surface area contributed by atoms with Gasteiger partial charge in [-0.1, -0.05) is 12.1 Å². The number of carbonyl (C=O) groups is 1. The maximum atomic E-state index is 12.2. The number of nitriles is 1. The Morgan fingerprint density at radius 1 is 1.38 bits per heavy atom. The molecule has 0 N–H and O–H groups in total. The molecule has 0 atom stereocenters. The Morgan fingerprint density at radius 3 is 2.67 bits per heavy atom.